The minimum Gasteiger partial charge on any atom is -0.360 e. The van der Waals surface area contributed by atoms with E-state index in [0.717, 1.165) is 48.7 Å². The van der Waals surface area contributed by atoms with Crippen molar-refractivity contribution < 1.29 is 9.18 Å². The van der Waals surface area contributed by atoms with Crippen LogP contribution in [0.4, 0.5) is 9.18 Å². The fourth-order valence-electron chi connectivity index (χ4n) is 3.73. The summed E-state index contributed by atoms with van der Waals surface area (Å²) >= 11 is 1.12. The van der Waals surface area contributed by atoms with Crippen LogP contribution in [0.1, 0.15) is 43.4 Å². The number of thioether (sulfide) groups is 1. The molecule has 1 saturated carbocycles. The van der Waals surface area contributed by atoms with Gasteiger partial charge in [-0.15, -0.1) is 0 Å². The highest BCUT2D eigenvalue weighted by atomic mass is 32.2. The SMILES string of the molecule is NC(=O)SC(c1ccc(F)cc1)(c1ccccn1)C1CCCCC1. The van der Waals surface area contributed by atoms with Crippen LogP contribution < -0.4 is 5.73 Å². The zero-order valence-corrected chi connectivity index (χ0v) is 14.3. The van der Waals surface area contributed by atoms with E-state index in [9.17, 15) is 9.18 Å². The Kier molecular flexibility index (Phi) is 5.19. The highest BCUT2D eigenvalue weighted by molar-refractivity contribution is 8.14. The predicted molar refractivity (Wildman–Crippen MR) is 95.2 cm³/mol. The molecule has 3 nitrogen and oxygen atoms in total. The Bertz CT molecular complexity index is 686. The van der Waals surface area contributed by atoms with Crippen molar-refractivity contribution in [3.63, 3.8) is 0 Å². The number of halogens is 1. The quantitative estimate of drug-likeness (QED) is 0.862. The first-order valence-corrected chi connectivity index (χ1v) is 9.10. The van der Waals surface area contributed by atoms with Crippen molar-refractivity contribution in [1.29, 1.82) is 0 Å². The molecule has 1 atom stereocenters. The van der Waals surface area contributed by atoms with Gasteiger partial charge >= 0.3 is 0 Å². The second-order valence-corrected chi connectivity index (χ2v) is 7.46. The van der Waals surface area contributed by atoms with Crippen LogP contribution in [0, 0.1) is 11.7 Å². The maximum Gasteiger partial charge on any atom is 0.277 e. The third-order valence-electron chi connectivity index (χ3n) is 4.76. The molecule has 0 aliphatic heterocycles. The van der Waals surface area contributed by atoms with Gasteiger partial charge in [-0.2, -0.15) is 0 Å². The van der Waals surface area contributed by atoms with Gasteiger partial charge in [0, 0.05) is 6.20 Å². The Labute approximate surface area is 145 Å². The summed E-state index contributed by atoms with van der Waals surface area (Å²) in [4.78, 5) is 16.5. The Morgan fingerprint density at radius 3 is 2.42 bits per heavy atom. The number of rotatable bonds is 4. The lowest BCUT2D eigenvalue weighted by Gasteiger charge is -2.41. The molecule has 0 spiro atoms. The first-order valence-electron chi connectivity index (χ1n) is 8.29. The fourth-order valence-corrected chi connectivity index (χ4v) is 4.93. The molecule has 0 bridgehead atoms. The van der Waals surface area contributed by atoms with Crippen LogP contribution in [0.5, 0.6) is 0 Å². The summed E-state index contributed by atoms with van der Waals surface area (Å²) in [6.45, 7) is 0. The van der Waals surface area contributed by atoms with Gasteiger partial charge < -0.3 is 5.73 Å². The van der Waals surface area contributed by atoms with Crippen LogP contribution in [0.25, 0.3) is 0 Å². The zero-order valence-electron chi connectivity index (χ0n) is 13.5. The molecule has 1 fully saturated rings. The molecule has 24 heavy (non-hydrogen) atoms. The van der Waals surface area contributed by atoms with Crippen molar-refractivity contribution >= 4 is 17.0 Å². The molecule has 5 heteroatoms. The van der Waals surface area contributed by atoms with E-state index in [1.165, 1.54) is 18.6 Å². The van der Waals surface area contributed by atoms with Crippen molar-refractivity contribution in [1.82, 2.24) is 4.98 Å². The normalized spacial score (nSPS) is 18.0. The fraction of sp³-hybridized carbons (Fsp3) is 0.368. The number of pyridine rings is 1. The number of carbonyl (C=O) groups is 1. The number of nitrogens with zero attached hydrogens (tertiary/aromatic N) is 1. The second-order valence-electron chi connectivity index (χ2n) is 6.21. The van der Waals surface area contributed by atoms with Gasteiger partial charge in [0.25, 0.3) is 5.24 Å². The minimum absolute atomic E-state index is 0.240. The molecule has 3 rings (SSSR count). The second kappa shape index (κ2) is 7.34. The molecular weight excluding hydrogens is 323 g/mol. The van der Waals surface area contributed by atoms with Crippen LogP contribution in [0.2, 0.25) is 0 Å². The first kappa shape index (κ1) is 17.0. The molecule has 2 aromatic rings. The number of nitrogens with two attached hydrogens (primary N) is 1. The van der Waals surface area contributed by atoms with Gasteiger partial charge in [0.2, 0.25) is 0 Å². The maximum absolute atomic E-state index is 13.5. The van der Waals surface area contributed by atoms with Crippen LogP contribution >= 0.6 is 11.8 Å². The average Bonchev–Trinajstić information content (AvgIpc) is 2.62. The molecule has 0 saturated heterocycles. The van der Waals surface area contributed by atoms with E-state index in [4.69, 9.17) is 5.73 Å². The Hall–Kier alpha value is -1.88. The molecule has 1 aliphatic carbocycles. The Balaban J connectivity index is 2.18. The van der Waals surface area contributed by atoms with E-state index in [1.807, 2.05) is 18.2 Å². The van der Waals surface area contributed by atoms with Crippen LogP contribution in [-0.4, -0.2) is 10.2 Å². The number of hydrogen-bond acceptors (Lipinski definition) is 3. The van der Waals surface area contributed by atoms with Crippen molar-refractivity contribution in [3.05, 3.63) is 65.7 Å². The van der Waals surface area contributed by atoms with Gasteiger partial charge in [0.15, 0.2) is 0 Å². The van der Waals surface area contributed by atoms with Crippen LogP contribution in [-0.2, 0) is 4.75 Å². The van der Waals surface area contributed by atoms with Gasteiger partial charge in [0.1, 0.15) is 5.82 Å². The Morgan fingerprint density at radius 2 is 1.83 bits per heavy atom. The predicted octanol–water partition coefficient (Wildman–Crippen LogP) is 4.86. The van der Waals surface area contributed by atoms with E-state index in [1.54, 1.807) is 18.3 Å². The van der Waals surface area contributed by atoms with E-state index in [-0.39, 0.29) is 11.7 Å². The third kappa shape index (κ3) is 3.31. The number of carbonyl (C=O) groups excluding carboxylic acids is 1. The van der Waals surface area contributed by atoms with Crippen molar-refractivity contribution in [2.24, 2.45) is 11.7 Å². The van der Waals surface area contributed by atoms with Crippen LogP contribution in [0.15, 0.2) is 48.7 Å². The summed E-state index contributed by atoms with van der Waals surface area (Å²) in [5, 5.41) is -0.435. The molecule has 1 heterocycles. The van der Waals surface area contributed by atoms with E-state index in [2.05, 4.69) is 4.98 Å². The van der Waals surface area contributed by atoms with E-state index < -0.39 is 9.99 Å². The van der Waals surface area contributed by atoms with Crippen molar-refractivity contribution in [3.8, 4) is 0 Å². The molecule has 0 radical (unpaired) electrons. The van der Waals surface area contributed by atoms with E-state index in [0.29, 0.717) is 0 Å². The van der Waals surface area contributed by atoms with Crippen LogP contribution in [0.3, 0.4) is 0 Å². The van der Waals surface area contributed by atoms with Gasteiger partial charge in [-0.05, 0) is 60.4 Å². The molecule has 126 valence electrons. The average molecular weight is 344 g/mol. The van der Waals surface area contributed by atoms with Gasteiger partial charge in [0.05, 0.1) is 10.4 Å². The molecule has 1 aromatic heterocycles. The molecule has 1 unspecified atom stereocenters. The van der Waals surface area contributed by atoms with Gasteiger partial charge in [-0.25, -0.2) is 4.39 Å². The monoisotopic (exact) mass is 344 g/mol. The largest absolute Gasteiger partial charge is 0.360 e. The summed E-state index contributed by atoms with van der Waals surface area (Å²) in [6.07, 6.45) is 7.21. The van der Waals surface area contributed by atoms with E-state index >= 15 is 0 Å². The minimum atomic E-state index is -0.665. The number of hydrogen-bond donors (Lipinski definition) is 1. The topological polar surface area (TPSA) is 56.0 Å². The summed E-state index contributed by atoms with van der Waals surface area (Å²) in [7, 11) is 0. The van der Waals surface area contributed by atoms with Gasteiger partial charge in [-0.3, -0.25) is 9.78 Å². The zero-order chi connectivity index (χ0) is 17.0. The molecule has 1 amide bonds. The molecule has 2 N–H and O–H groups in total. The third-order valence-corrected chi connectivity index (χ3v) is 6.06. The summed E-state index contributed by atoms with van der Waals surface area (Å²) in [6, 6.07) is 12.1. The van der Waals surface area contributed by atoms with Gasteiger partial charge in [-0.1, -0.05) is 37.5 Å². The number of primary amides is 1. The lowest BCUT2D eigenvalue weighted by Crippen LogP contribution is -2.37. The smallest absolute Gasteiger partial charge is 0.277 e. The number of amides is 1. The first-order chi connectivity index (χ1) is 11.6. The lowest BCUT2D eigenvalue weighted by atomic mass is 9.74. The van der Waals surface area contributed by atoms with Crippen molar-refractivity contribution in [2.75, 3.05) is 0 Å². The lowest BCUT2D eigenvalue weighted by molar-refractivity contribution is 0.265. The molecule has 1 aliphatic rings. The molecular formula is C19H21FN2OS. The number of aromatic nitrogens is 1. The van der Waals surface area contributed by atoms with Crippen molar-refractivity contribution in [2.45, 2.75) is 36.9 Å². The summed E-state index contributed by atoms with van der Waals surface area (Å²) < 4.78 is 12.8. The number of benzene rings is 1. The summed E-state index contributed by atoms with van der Waals surface area (Å²) in [5.74, 6) is -0.0505. The Morgan fingerprint density at radius 1 is 1.12 bits per heavy atom. The maximum atomic E-state index is 13.5. The standard InChI is InChI=1S/C19H21FN2OS/c20-16-11-9-15(10-12-16)19(24-18(21)23,14-6-2-1-3-7-14)17-8-4-5-13-22-17/h4-5,8-14H,1-3,6-7H2,(H2,21,23). The highest BCUT2D eigenvalue weighted by Gasteiger charge is 2.45. The molecule has 1 aromatic carbocycles. The highest BCUT2D eigenvalue weighted by Crippen LogP contribution is 2.52. The summed E-state index contributed by atoms with van der Waals surface area (Å²) in [5.41, 5.74) is 7.31.